The van der Waals surface area contributed by atoms with Crippen molar-refractivity contribution in [2.45, 2.75) is 58.3 Å². The molecule has 0 radical (unpaired) electrons. The molecule has 2 saturated heterocycles. The summed E-state index contributed by atoms with van der Waals surface area (Å²) in [5.74, 6) is 0.325. The second-order valence-corrected chi connectivity index (χ2v) is 15.2. The maximum Gasteiger partial charge on any atom is 0.388 e. The Kier molecular flexibility index (Phi) is 12.3. The van der Waals surface area contributed by atoms with E-state index in [2.05, 4.69) is 35.8 Å². The van der Waals surface area contributed by atoms with Gasteiger partial charge in [0.15, 0.2) is 5.82 Å². The Bertz CT molecular complexity index is 2190. The van der Waals surface area contributed by atoms with E-state index in [1.54, 1.807) is 29.7 Å². The molecule has 2 aliphatic rings. The third-order valence-electron chi connectivity index (χ3n) is 9.44. The predicted molar refractivity (Wildman–Crippen MR) is 208 cm³/mol. The number of hydrogen-bond donors (Lipinski definition) is 3. The Labute approximate surface area is 330 Å². The van der Waals surface area contributed by atoms with Crippen LogP contribution in [0.2, 0.25) is 10.0 Å². The van der Waals surface area contributed by atoms with E-state index in [0.717, 1.165) is 34.7 Å². The molecule has 1 amide bonds. The van der Waals surface area contributed by atoms with Crippen LogP contribution in [0.25, 0.3) is 32.6 Å². The van der Waals surface area contributed by atoms with E-state index in [9.17, 15) is 18.4 Å². The lowest BCUT2D eigenvalue weighted by atomic mass is 10.0. The van der Waals surface area contributed by atoms with Gasteiger partial charge in [-0.25, -0.2) is 15.0 Å². The number of halogens is 4. The first-order valence-corrected chi connectivity index (χ1v) is 19.5. The number of alkyl halides is 2. The molecule has 2 atom stereocenters. The van der Waals surface area contributed by atoms with Crippen molar-refractivity contribution in [3.8, 4) is 28.3 Å². The number of esters is 1. The quantitative estimate of drug-likeness (QED) is 0.0900. The van der Waals surface area contributed by atoms with E-state index < -0.39 is 6.61 Å². The van der Waals surface area contributed by atoms with Crippen LogP contribution in [0.1, 0.15) is 43.3 Å². The van der Waals surface area contributed by atoms with Crippen molar-refractivity contribution in [2.24, 2.45) is 5.92 Å². The number of likely N-dealkylation sites (tertiary alicyclic amines) is 1. The van der Waals surface area contributed by atoms with Crippen molar-refractivity contribution in [2.75, 3.05) is 31.6 Å². The number of thiazole rings is 1. The third kappa shape index (κ3) is 9.30. The second-order valence-electron chi connectivity index (χ2n) is 13.3. The summed E-state index contributed by atoms with van der Waals surface area (Å²) in [7, 11) is 0. The van der Waals surface area contributed by atoms with Gasteiger partial charge in [0.1, 0.15) is 16.2 Å². The number of benzene rings is 2. The Hall–Kier alpha value is -4.54. The fourth-order valence-corrected chi connectivity index (χ4v) is 8.46. The Morgan fingerprint density at radius 2 is 1.87 bits per heavy atom. The number of nitrogens with one attached hydrogen (secondary N) is 3. The molecule has 0 saturated carbocycles. The van der Waals surface area contributed by atoms with E-state index in [-0.39, 0.29) is 52.7 Å². The predicted octanol–water partition coefficient (Wildman–Crippen LogP) is 7.61. The molecule has 288 valence electrons. The van der Waals surface area contributed by atoms with Gasteiger partial charge in [-0.1, -0.05) is 53.5 Å². The molecule has 0 bridgehead atoms. The van der Waals surface area contributed by atoms with Crippen molar-refractivity contribution in [1.29, 1.82) is 0 Å². The summed E-state index contributed by atoms with van der Waals surface area (Å²) in [4.78, 5) is 44.1. The van der Waals surface area contributed by atoms with Crippen molar-refractivity contribution in [3.05, 3.63) is 75.6 Å². The summed E-state index contributed by atoms with van der Waals surface area (Å²) in [6, 6.07) is 12.7. The molecule has 5 heterocycles. The highest BCUT2D eigenvalue weighted by Gasteiger charge is 2.27. The number of amides is 1. The van der Waals surface area contributed by atoms with Crippen LogP contribution in [0.15, 0.2) is 54.9 Å². The summed E-state index contributed by atoms with van der Waals surface area (Å²) in [6.45, 7) is 2.01. The molecule has 55 heavy (non-hydrogen) atoms. The largest absolute Gasteiger partial charge is 0.466 e. The first-order chi connectivity index (χ1) is 26.6. The van der Waals surface area contributed by atoms with Crippen LogP contribution < -0.4 is 20.7 Å². The van der Waals surface area contributed by atoms with E-state index >= 15 is 0 Å². The summed E-state index contributed by atoms with van der Waals surface area (Å²) < 4.78 is 37.8. The Balaban J connectivity index is 1.08. The van der Waals surface area contributed by atoms with Crippen LogP contribution >= 0.6 is 34.5 Å². The van der Waals surface area contributed by atoms with E-state index in [0.29, 0.717) is 72.2 Å². The van der Waals surface area contributed by atoms with Crippen molar-refractivity contribution < 1.29 is 27.8 Å². The van der Waals surface area contributed by atoms with Gasteiger partial charge in [-0.3, -0.25) is 19.5 Å². The molecule has 5 aromatic rings. The van der Waals surface area contributed by atoms with Crippen LogP contribution in [0, 0.1) is 5.92 Å². The molecule has 2 fully saturated rings. The van der Waals surface area contributed by atoms with Gasteiger partial charge in [0.25, 0.3) is 0 Å². The Morgan fingerprint density at radius 3 is 2.65 bits per heavy atom. The number of aromatic nitrogens is 4. The standard InChI is InChI=1S/C38H38Cl2F2N8O4S/c1-2-53-32(52)15-21-12-14-50(19-21)20-31-49-35-29(55-31)11-13-44-36(35)47-26-8-4-6-24(34(26)40)23-5-3-7-25(33(23)39)27-18-45-28(37(48-27)54-38(41)42)17-43-16-22-9-10-30(51)46-22/h3-8,11,13,18,21-22,38,43H,2,9-10,12,14-17,19-20H2,1H3,(H,44,47)(H,46,51). The highest BCUT2D eigenvalue weighted by Crippen LogP contribution is 2.42. The number of carbonyl (C=O) groups is 2. The normalized spacial score (nSPS) is 17.2. The molecule has 3 aromatic heterocycles. The topological polar surface area (TPSA) is 143 Å². The number of pyridine rings is 1. The van der Waals surface area contributed by atoms with Crippen molar-refractivity contribution in [1.82, 2.24) is 35.5 Å². The number of ether oxygens (including phenoxy) is 2. The van der Waals surface area contributed by atoms with E-state index in [1.165, 1.54) is 6.20 Å². The molecule has 7 rings (SSSR count). The molecular formula is C38H38Cl2F2N8O4S. The van der Waals surface area contributed by atoms with Gasteiger partial charge < -0.3 is 25.4 Å². The summed E-state index contributed by atoms with van der Waals surface area (Å²) >= 11 is 15.6. The molecule has 0 aliphatic carbocycles. The fourth-order valence-electron chi connectivity index (χ4n) is 6.85. The number of nitrogens with zero attached hydrogens (tertiary/aromatic N) is 5. The number of anilines is 2. The van der Waals surface area contributed by atoms with Crippen molar-refractivity contribution in [3.63, 3.8) is 0 Å². The number of carbonyl (C=O) groups excluding carboxylic acids is 2. The van der Waals surface area contributed by atoms with Crippen LogP contribution in [0.5, 0.6) is 5.88 Å². The summed E-state index contributed by atoms with van der Waals surface area (Å²) in [5, 5.41) is 11.0. The highest BCUT2D eigenvalue weighted by molar-refractivity contribution is 7.18. The molecule has 2 unspecified atom stereocenters. The molecule has 0 spiro atoms. The van der Waals surface area contributed by atoms with Crippen LogP contribution in [-0.4, -0.2) is 75.6 Å². The third-order valence-corrected chi connectivity index (χ3v) is 11.3. The van der Waals surface area contributed by atoms with Gasteiger partial charge in [-0.15, -0.1) is 11.3 Å². The van der Waals surface area contributed by atoms with E-state index in [1.807, 2.05) is 37.3 Å². The fraction of sp³-hybridized carbons (Fsp3) is 0.368. The zero-order valence-electron chi connectivity index (χ0n) is 29.8. The first kappa shape index (κ1) is 38.7. The smallest absolute Gasteiger partial charge is 0.388 e. The first-order valence-electron chi connectivity index (χ1n) is 17.9. The second kappa shape index (κ2) is 17.5. The van der Waals surface area contributed by atoms with Gasteiger partial charge in [-0.05, 0) is 44.4 Å². The lowest BCUT2D eigenvalue weighted by Gasteiger charge is -2.16. The molecule has 2 aromatic carbocycles. The lowest BCUT2D eigenvalue weighted by molar-refractivity contribution is -0.144. The van der Waals surface area contributed by atoms with Gasteiger partial charge in [-0.2, -0.15) is 8.78 Å². The van der Waals surface area contributed by atoms with Crippen molar-refractivity contribution >= 4 is 68.1 Å². The number of fused-ring (bicyclic) bond motifs is 1. The van der Waals surface area contributed by atoms with Gasteiger partial charge in [0.05, 0.1) is 45.5 Å². The van der Waals surface area contributed by atoms with Crippen LogP contribution in [-0.2, 0) is 27.4 Å². The lowest BCUT2D eigenvalue weighted by Crippen LogP contribution is -2.35. The molecule has 12 nitrogen and oxygen atoms in total. The van der Waals surface area contributed by atoms with Gasteiger partial charge in [0.2, 0.25) is 11.8 Å². The average Bonchev–Trinajstić information content (AvgIpc) is 3.90. The van der Waals surface area contributed by atoms with Crippen LogP contribution in [0.4, 0.5) is 20.3 Å². The zero-order valence-corrected chi connectivity index (χ0v) is 32.1. The van der Waals surface area contributed by atoms with Crippen LogP contribution in [0.3, 0.4) is 0 Å². The molecule has 2 aliphatic heterocycles. The minimum Gasteiger partial charge on any atom is -0.466 e. The minimum atomic E-state index is -3.12. The molecule has 17 heteroatoms. The van der Waals surface area contributed by atoms with Gasteiger partial charge in [0, 0.05) is 61.4 Å². The minimum absolute atomic E-state index is 0.0152. The number of rotatable bonds is 15. The Morgan fingerprint density at radius 1 is 1.07 bits per heavy atom. The highest BCUT2D eigenvalue weighted by atomic mass is 35.5. The number of hydrogen-bond acceptors (Lipinski definition) is 12. The summed E-state index contributed by atoms with van der Waals surface area (Å²) in [5.41, 5.74) is 3.37. The van der Waals surface area contributed by atoms with Gasteiger partial charge >= 0.3 is 12.6 Å². The zero-order chi connectivity index (χ0) is 38.5. The summed E-state index contributed by atoms with van der Waals surface area (Å²) in [6.07, 6.45) is 5.69. The maximum atomic E-state index is 13.5. The van der Waals surface area contributed by atoms with E-state index in [4.69, 9.17) is 37.7 Å². The SMILES string of the molecule is CCOC(=O)CC1CCN(Cc2nc3c(Nc4cccc(-c5cccc(-c6cnc(CNCC7CCC(=O)N7)c(OC(F)F)n6)c5Cl)c4Cl)nccc3s2)C1. The monoisotopic (exact) mass is 810 g/mol. The molecular weight excluding hydrogens is 773 g/mol. The average molecular weight is 812 g/mol. The molecule has 3 N–H and O–H groups in total. The maximum absolute atomic E-state index is 13.5.